The molecule has 2 heterocycles. The second-order valence-electron chi connectivity index (χ2n) is 9.47. The maximum atomic E-state index is 14.1. The van der Waals surface area contributed by atoms with Crippen LogP contribution in [0.4, 0.5) is 4.39 Å². The SMILES string of the molecule is COCCN(C(C)=O)C1CCN([C@H]2CCC[C@@H](NC(=O)c3cc4c(F)ccc(C)c4[nH]3)C2)C1. The van der Waals surface area contributed by atoms with Gasteiger partial charge in [0.25, 0.3) is 5.91 Å². The molecule has 8 heteroatoms. The molecule has 2 fully saturated rings. The first-order chi connectivity index (χ1) is 15.9. The van der Waals surface area contributed by atoms with E-state index < -0.39 is 0 Å². The van der Waals surface area contributed by atoms with Crippen LogP contribution in [0.5, 0.6) is 0 Å². The largest absolute Gasteiger partial charge is 0.383 e. The summed E-state index contributed by atoms with van der Waals surface area (Å²) in [6.45, 7) is 6.53. The summed E-state index contributed by atoms with van der Waals surface area (Å²) in [6.07, 6.45) is 4.97. The molecule has 1 saturated heterocycles. The molecule has 33 heavy (non-hydrogen) atoms. The number of likely N-dealkylation sites (tertiary alicyclic amines) is 1. The van der Waals surface area contributed by atoms with Crippen molar-refractivity contribution < 1.29 is 18.7 Å². The number of amides is 2. The Balaban J connectivity index is 1.36. The first-order valence-electron chi connectivity index (χ1n) is 12.0. The molecule has 1 aliphatic heterocycles. The summed E-state index contributed by atoms with van der Waals surface area (Å²) in [5, 5.41) is 3.62. The second-order valence-corrected chi connectivity index (χ2v) is 9.47. The minimum atomic E-state index is -0.322. The van der Waals surface area contributed by atoms with Crippen molar-refractivity contribution >= 4 is 22.7 Å². The van der Waals surface area contributed by atoms with Crippen molar-refractivity contribution in [2.75, 3.05) is 33.4 Å². The second kappa shape index (κ2) is 10.2. The van der Waals surface area contributed by atoms with Crippen LogP contribution < -0.4 is 5.32 Å². The number of halogens is 1. The van der Waals surface area contributed by atoms with Crippen molar-refractivity contribution in [1.29, 1.82) is 0 Å². The molecule has 7 nitrogen and oxygen atoms in total. The van der Waals surface area contributed by atoms with Gasteiger partial charge < -0.3 is 19.9 Å². The van der Waals surface area contributed by atoms with E-state index in [1.54, 1.807) is 26.2 Å². The maximum absolute atomic E-state index is 14.1. The van der Waals surface area contributed by atoms with E-state index in [0.717, 1.165) is 50.8 Å². The summed E-state index contributed by atoms with van der Waals surface area (Å²) in [7, 11) is 1.66. The highest BCUT2D eigenvalue weighted by molar-refractivity contribution is 5.99. The van der Waals surface area contributed by atoms with Gasteiger partial charge in [0, 0.05) is 57.2 Å². The van der Waals surface area contributed by atoms with Crippen molar-refractivity contribution in [3.63, 3.8) is 0 Å². The topological polar surface area (TPSA) is 77.7 Å². The minimum Gasteiger partial charge on any atom is -0.383 e. The van der Waals surface area contributed by atoms with Gasteiger partial charge in [0.2, 0.25) is 5.91 Å². The lowest BCUT2D eigenvalue weighted by atomic mass is 9.90. The van der Waals surface area contributed by atoms with E-state index in [4.69, 9.17) is 4.74 Å². The van der Waals surface area contributed by atoms with Gasteiger partial charge in [-0.05, 0) is 56.7 Å². The van der Waals surface area contributed by atoms with Gasteiger partial charge in [0.15, 0.2) is 0 Å². The van der Waals surface area contributed by atoms with Gasteiger partial charge in [0.05, 0.1) is 12.1 Å². The van der Waals surface area contributed by atoms with E-state index in [9.17, 15) is 14.0 Å². The molecule has 1 unspecified atom stereocenters. The lowest BCUT2D eigenvalue weighted by molar-refractivity contribution is -0.131. The number of H-pyrrole nitrogens is 1. The molecule has 4 rings (SSSR count). The summed E-state index contributed by atoms with van der Waals surface area (Å²) in [5.74, 6) is -0.410. The molecule has 1 aromatic carbocycles. The number of hydrogen-bond acceptors (Lipinski definition) is 4. The Bertz CT molecular complexity index is 968. The van der Waals surface area contributed by atoms with Crippen LogP contribution in [0.15, 0.2) is 18.2 Å². The van der Waals surface area contributed by atoms with E-state index in [2.05, 4.69) is 15.2 Å². The number of aromatic nitrogens is 1. The zero-order valence-corrected chi connectivity index (χ0v) is 19.8. The summed E-state index contributed by atoms with van der Waals surface area (Å²) in [5.41, 5.74) is 1.99. The Labute approximate surface area is 194 Å². The number of benzene rings is 1. The smallest absolute Gasteiger partial charge is 0.267 e. The molecule has 2 aliphatic rings. The molecule has 1 aliphatic carbocycles. The summed E-state index contributed by atoms with van der Waals surface area (Å²) in [6, 6.07) is 5.46. The Kier molecular flexibility index (Phi) is 7.34. The Morgan fingerprint density at radius 1 is 1.30 bits per heavy atom. The first kappa shape index (κ1) is 23.7. The third-order valence-corrected chi connectivity index (χ3v) is 7.27. The minimum absolute atomic E-state index is 0.0880. The Hall–Kier alpha value is -2.45. The van der Waals surface area contributed by atoms with Crippen LogP contribution in [0.3, 0.4) is 0 Å². The fourth-order valence-corrected chi connectivity index (χ4v) is 5.48. The van der Waals surface area contributed by atoms with Crippen LogP contribution in [0, 0.1) is 12.7 Å². The van der Waals surface area contributed by atoms with Crippen molar-refractivity contribution in [1.82, 2.24) is 20.1 Å². The van der Waals surface area contributed by atoms with Gasteiger partial charge in [0.1, 0.15) is 11.5 Å². The highest BCUT2D eigenvalue weighted by atomic mass is 19.1. The Morgan fingerprint density at radius 2 is 2.12 bits per heavy atom. The van der Waals surface area contributed by atoms with E-state index in [-0.39, 0.29) is 29.7 Å². The van der Waals surface area contributed by atoms with Crippen LogP contribution in [0.25, 0.3) is 10.9 Å². The number of fused-ring (bicyclic) bond motifs is 1. The summed E-state index contributed by atoms with van der Waals surface area (Å²) >= 11 is 0. The Morgan fingerprint density at radius 3 is 2.85 bits per heavy atom. The number of rotatable bonds is 7. The number of carbonyl (C=O) groups is 2. The van der Waals surface area contributed by atoms with E-state index in [1.807, 2.05) is 11.8 Å². The number of nitrogens with zero attached hydrogens (tertiary/aromatic N) is 2. The third-order valence-electron chi connectivity index (χ3n) is 7.27. The normalized spacial score (nSPS) is 23.7. The molecule has 2 amide bonds. The number of carbonyl (C=O) groups excluding carboxylic acids is 2. The molecule has 0 radical (unpaired) electrons. The average molecular weight is 459 g/mol. The van der Waals surface area contributed by atoms with Gasteiger partial charge in [-0.1, -0.05) is 6.07 Å². The van der Waals surface area contributed by atoms with E-state index in [0.29, 0.717) is 35.8 Å². The number of nitrogens with one attached hydrogen (secondary N) is 2. The number of hydrogen-bond donors (Lipinski definition) is 2. The predicted molar refractivity (Wildman–Crippen MR) is 126 cm³/mol. The van der Waals surface area contributed by atoms with Crippen LogP contribution in [0.1, 0.15) is 55.1 Å². The highest BCUT2D eigenvalue weighted by Gasteiger charge is 2.35. The molecule has 0 spiro atoms. The van der Waals surface area contributed by atoms with Gasteiger partial charge in [-0.25, -0.2) is 4.39 Å². The number of aryl methyl sites for hydroxylation is 1. The zero-order chi connectivity index (χ0) is 23.5. The summed E-state index contributed by atoms with van der Waals surface area (Å²) < 4.78 is 19.3. The van der Waals surface area contributed by atoms with Crippen molar-refractivity contribution in [3.8, 4) is 0 Å². The first-order valence-corrected chi connectivity index (χ1v) is 12.0. The van der Waals surface area contributed by atoms with E-state index >= 15 is 0 Å². The molecule has 0 bridgehead atoms. The van der Waals surface area contributed by atoms with E-state index in [1.165, 1.54) is 6.07 Å². The quantitative estimate of drug-likeness (QED) is 0.668. The lowest BCUT2D eigenvalue weighted by Crippen LogP contribution is -2.47. The van der Waals surface area contributed by atoms with Crippen LogP contribution >= 0.6 is 0 Å². The van der Waals surface area contributed by atoms with Gasteiger partial charge >= 0.3 is 0 Å². The molecule has 1 saturated carbocycles. The van der Waals surface area contributed by atoms with Gasteiger partial charge in [-0.15, -0.1) is 0 Å². The van der Waals surface area contributed by atoms with Crippen LogP contribution in [-0.4, -0.2) is 78.1 Å². The average Bonchev–Trinajstić information content (AvgIpc) is 3.45. The lowest BCUT2D eigenvalue weighted by Gasteiger charge is -2.36. The summed E-state index contributed by atoms with van der Waals surface area (Å²) in [4.78, 5) is 32.5. The molecule has 180 valence electrons. The standard InChI is InChI=1S/C25H35FN4O3/c1-16-7-8-22(26)21-14-23(28-24(16)21)25(32)27-18-5-4-6-19(13-18)29-10-9-20(15-29)30(17(2)31)11-12-33-3/h7-8,14,18-20,28H,4-6,9-13,15H2,1-3H3,(H,27,32)/t18-,19+,20?/m1/s1. The fourth-order valence-electron chi connectivity index (χ4n) is 5.48. The molecule has 2 N–H and O–H groups in total. The van der Waals surface area contributed by atoms with Gasteiger partial charge in [-0.2, -0.15) is 0 Å². The number of methoxy groups -OCH3 is 1. The van der Waals surface area contributed by atoms with Crippen LogP contribution in [0.2, 0.25) is 0 Å². The maximum Gasteiger partial charge on any atom is 0.267 e. The van der Waals surface area contributed by atoms with Crippen LogP contribution in [-0.2, 0) is 9.53 Å². The number of aromatic amines is 1. The molecular weight excluding hydrogens is 423 g/mol. The van der Waals surface area contributed by atoms with Crippen molar-refractivity contribution in [3.05, 3.63) is 35.3 Å². The molecule has 3 atom stereocenters. The monoisotopic (exact) mass is 458 g/mol. The van der Waals surface area contributed by atoms with Crippen molar-refractivity contribution in [2.24, 2.45) is 0 Å². The van der Waals surface area contributed by atoms with Crippen molar-refractivity contribution in [2.45, 2.75) is 64.1 Å². The highest BCUT2D eigenvalue weighted by Crippen LogP contribution is 2.28. The fraction of sp³-hybridized carbons (Fsp3) is 0.600. The molecular formula is C25H35FN4O3. The third kappa shape index (κ3) is 5.22. The zero-order valence-electron chi connectivity index (χ0n) is 19.8. The number of ether oxygens (including phenoxy) is 1. The van der Waals surface area contributed by atoms with Gasteiger partial charge in [-0.3, -0.25) is 14.5 Å². The molecule has 1 aromatic heterocycles. The predicted octanol–water partition coefficient (Wildman–Crippen LogP) is 3.23. The molecule has 2 aromatic rings.